The second-order valence-electron chi connectivity index (χ2n) is 3.88. The molecule has 1 heterocycles. The van der Waals surface area contributed by atoms with Gasteiger partial charge in [-0.15, -0.1) is 0 Å². The van der Waals surface area contributed by atoms with E-state index in [0.717, 1.165) is 12.1 Å². The average Bonchev–Trinajstić information content (AvgIpc) is 2.40. The number of hydrogen-bond acceptors (Lipinski definition) is 4. The van der Waals surface area contributed by atoms with Crippen LogP contribution >= 0.6 is 11.6 Å². The molecule has 0 spiro atoms. The standard InChI is InChI=1S/C13H12ClF2N3O/c1-2-20-7-13-18-11(14)6-12(19-13)17-8-3-4-9(15)10(16)5-8/h3-6H,2,7H2,1H3,(H,17,18,19). The zero-order valence-electron chi connectivity index (χ0n) is 10.7. The Bertz CT molecular complexity index is 610. The molecule has 1 aromatic carbocycles. The van der Waals surface area contributed by atoms with E-state index in [9.17, 15) is 8.78 Å². The number of anilines is 2. The summed E-state index contributed by atoms with van der Waals surface area (Å²) < 4.78 is 31.1. The number of nitrogens with zero attached hydrogens (tertiary/aromatic N) is 2. The van der Waals surface area contributed by atoms with Crippen molar-refractivity contribution in [3.05, 3.63) is 46.9 Å². The van der Waals surface area contributed by atoms with Crippen LogP contribution in [-0.4, -0.2) is 16.6 Å². The molecule has 4 nitrogen and oxygen atoms in total. The first-order chi connectivity index (χ1) is 9.58. The van der Waals surface area contributed by atoms with Crippen LogP contribution in [0.4, 0.5) is 20.3 Å². The number of hydrogen-bond donors (Lipinski definition) is 1. The van der Waals surface area contributed by atoms with Crippen LogP contribution in [0.25, 0.3) is 0 Å². The summed E-state index contributed by atoms with van der Waals surface area (Å²) in [5.41, 5.74) is 0.362. The summed E-state index contributed by atoms with van der Waals surface area (Å²) in [5.74, 6) is -1.06. The van der Waals surface area contributed by atoms with Crippen molar-refractivity contribution in [1.29, 1.82) is 0 Å². The first-order valence-electron chi connectivity index (χ1n) is 5.91. The molecule has 0 bridgehead atoms. The Balaban J connectivity index is 2.19. The van der Waals surface area contributed by atoms with Gasteiger partial charge in [0.25, 0.3) is 0 Å². The van der Waals surface area contributed by atoms with Crippen LogP contribution in [0.15, 0.2) is 24.3 Å². The van der Waals surface area contributed by atoms with Crippen LogP contribution in [0, 0.1) is 11.6 Å². The van der Waals surface area contributed by atoms with Gasteiger partial charge >= 0.3 is 0 Å². The van der Waals surface area contributed by atoms with E-state index >= 15 is 0 Å². The molecule has 1 aromatic heterocycles. The van der Waals surface area contributed by atoms with Crippen LogP contribution in [0.1, 0.15) is 12.7 Å². The van der Waals surface area contributed by atoms with E-state index in [2.05, 4.69) is 15.3 Å². The van der Waals surface area contributed by atoms with E-state index in [4.69, 9.17) is 16.3 Å². The third kappa shape index (κ3) is 3.85. The van der Waals surface area contributed by atoms with Crippen LogP contribution in [0.5, 0.6) is 0 Å². The second kappa shape index (κ2) is 6.58. The largest absolute Gasteiger partial charge is 0.374 e. The predicted molar refractivity (Wildman–Crippen MR) is 72.0 cm³/mol. The summed E-state index contributed by atoms with van der Waals surface area (Å²) in [4.78, 5) is 8.17. The van der Waals surface area contributed by atoms with E-state index in [1.54, 1.807) is 0 Å². The Morgan fingerprint density at radius 2 is 2.00 bits per heavy atom. The molecule has 0 amide bonds. The molecule has 0 saturated heterocycles. The molecule has 106 valence electrons. The lowest BCUT2D eigenvalue weighted by molar-refractivity contribution is 0.128. The molecule has 2 aromatic rings. The number of ether oxygens (including phenoxy) is 1. The third-order valence-corrected chi connectivity index (χ3v) is 2.56. The number of rotatable bonds is 5. The number of nitrogens with one attached hydrogen (secondary N) is 1. The van der Waals surface area contributed by atoms with Gasteiger partial charge in [-0.3, -0.25) is 0 Å². The lowest BCUT2D eigenvalue weighted by atomic mass is 10.3. The Labute approximate surface area is 119 Å². The molecule has 2 rings (SSSR count). The third-order valence-electron chi connectivity index (χ3n) is 2.37. The summed E-state index contributed by atoms with van der Waals surface area (Å²) in [6.45, 7) is 2.61. The highest BCUT2D eigenvalue weighted by Crippen LogP contribution is 2.19. The molecule has 0 radical (unpaired) electrons. The van der Waals surface area contributed by atoms with Gasteiger partial charge in [-0.25, -0.2) is 18.7 Å². The van der Waals surface area contributed by atoms with E-state index in [1.807, 2.05) is 6.92 Å². The maximum absolute atomic E-state index is 13.1. The van der Waals surface area contributed by atoms with Crippen molar-refractivity contribution in [1.82, 2.24) is 9.97 Å². The molecule has 0 atom stereocenters. The van der Waals surface area contributed by atoms with E-state index in [-0.39, 0.29) is 11.8 Å². The Morgan fingerprint density at radius 3 is 2.70 bits per heavy atom. The predicted octanol–water partition coefficient (Wildman–Crippen LogP) is 3.69. The fourth-order valence-corrected chi connectivity index (χ4v) is 1.71. The van der Waals surface area contributed by atoms with Crippen LogP contribution < -0.4 is 5.32 Å². The lowest BCUT2D eigenvalue weighted by Crippen LogP contribution is -2.03. The second-order valence-corrected chi connectivity index (χ2v) is 4.27. The molecular formula is C13H12ClF2N3O. The van der Waals surface area contributed by atoms with Crippen molar-refractivity contribution >= 4 is 23.1 Å². The summed E-state index contributed by atoms with van der Waals surface area (Å²) in [6.07, 6.45) is 0. The van der Waals surface area contributed by atoms with Gasteiger partial charge in [0, 0.05) is 24.4 Å². The minimum absolute atomic E-state index is 0.226. The van der Waals surface area contributed by atoms with Crippen molar-refractivity contribution in [3.63, 3.8) is 0 Å². The lowest BCUT2D eigenvalue weighted by Gasteiger charge is -2.08. The van der Waals surface area contributed by atoms with Gasteiger partial charge in [-0.2, -0.15) is 0 Å². The molecule has 0 unspecified atom stereocenters. The normalized spacial score (nSPS) is 10.6. The van der Waals surface area contributed by atoms with Gasteiger partial charge in [0.15, 0.2) is 17.5 Å². The SMILES string of the molecule is CCOCc1nc(Cl)cc(Nc2ccc(F)c(F)c2)n1. The Morgan fingerprint density at radius 1 is 1.20 bits per heavy atom. The topological polar surface area (TPSA) is 47.0 Å². The molecule has 0 aliphatic carbocycles. The van der Waals surface area contributed by atoms with Crippen molar-refractivity contribution in [2.45, 2.75) is 13.5 Å². The maximum Gasteiger partial charge on any atom is 0.160 e. The van der Waals surface area contributed by atoms with Gasteiger partial charge in [0.2, 0.25) is 0 Å². The van der Waals surface area contributed by atoms with Crippen LogP contribution in [-0.2, 0) is 11.3 Å². The van der Waals surface area contributed by atoms with E-state index < -0.39 is 11.6 Å². The molecule has 7 heteroatoms. The molecule has 0 aliphatic rings. The summed E-state index contributed by atoms with van der Waals surface area (Å²) >= 11 is 5.87. The van der Waals surface area contributed by atoms with Crippen LogP contribution in [0.2, 0.25) is 5.15 Å². The Hall–Kier alpha value is -1.79. The zero-order chi connectivity index (χ0) is 14.5. The minimum atomic E-state index is -0.940. The zero-order valence-corrected chi connectivity index (χ0v) is 11.4. The number of halogens is 3. The van der Waals surface area contributed by atoms with Gasteiger partial charge < -0.3 is 10.1 Å². The van der Waals surface area contributed by atoms with Gasteiger partial charge in [0.1, 0.15) is 17.6 Å². The highest BCUT2D eigenvalue weighted by molar-refractivity contribution is 6.29. The summed E-state index contributed by atoms with van der Waals surface area (Å²) in [5, 5.41) is 3.07. The summed E-state index contributed by atoms with van der Waals surface area (Å²) in [6, 6.07) is 4.95. The smallest absolute Gasteiger partial charge is 0.160 e. The quantitative estimate of drug-likeness (QED) is 0.855. The fraction of sp³-hybridized carbons (Fsp3) is 0.231. The fourth-order valence-electron chi connectivity index (χ4n) is 1.51. The molecule has 20 heavy (non-hydrogen) atoms. The molecule has 0 aliphatic heterocycles. The molecule has 0 fully saturated rings. The summed E-state index contributed by atoms with van der Waals surface area (Å²) in [7, 11) is 0. The average molecular weight is 300 g/mol. The number of benzene rings is 1. The highest BCUT2D eigenvalue weighted by Gasteiger charge is 2.06. The molecule has 0 saturated carbocycles. The van der Waals surface area contributed by atoms with Gasteiger partial charge in [-0.1, -0.05) is 11.6 Å². The van der Waals surface area contributed by atoms with Crippen molar-refractivity contribution < 1.29 is 13.5 Å². The maximum atomic E-state index is 13.1. The highest BCUT2D eigenvalue weighted by atomic mass is 35.5. The van der Waals surface area contributed by atoms with Crippen molar-refractivity contribution in [2.24, 2.45) is 0 Å². The van der Waals surface area contributed by atoms with Gasteiger partial charge in [-0.05, 0) is 19.1 Å². The Kier molecular flexibility index (Phi) is 4.81. The molecule has 1 N–H and O–H groups in total. The number of aromatic nitrogens is 2. The van der Waals surface area contributed by atoms with Crippen molar-refractivity contribution in [2.75, 3.05) is 11.9 Å². The van der Waals surface area contributed by atoms with Crippen molar-refractivity contribution in [3.8, 4) is 0 Å². The molecular weight excluding hydrogens is 288 g/mol. The van der Waals surface area contributed by atoms with E-state index in [1.165, 1.54) is 12.1 Å². The van der Waals surface area contributed by atoms with E-state index in [0.29, 0.717) is 23.9 Å². The monoisotopic (exact) mass is 299 g/mol. The minimum Gasteiger partial charge on any atom is -0.374 e. The first kappa shape index (κ1) is 14.6. The van der Waals surface area contributed by atoms with Crippen LogP contribution in [0.3, 0.4) is 0 Å². The first-order valence-corrected chi connectivity index (χ1v) is 6.29. The van der Waals surface area contributed by atoms with Gasteiger partial charge in [0.05, 0.1) is 0 Å².